The zero-order valence-corrected chi connectivity index (χ0v) is 25.9. The van der Waals surface area contributed by atoms with Gasteiger partial charge in [0, 0.05) is 51.4 Å². The lowest BCUT2D eigenvalue weighted by Crippen LogP contribution is -2.58. The van der Waals surface area contributed by atoms with Crippen molar-refractivity contribution < 1.29 is 24.9 Å². The van der Waals surface area contributed by atoms with E-state index >= 15 is 0 Å². The van der Waals surface area contributed by atoms with E-state index in [1.165, 1.54) is 0 Å². The molecule has 5 N–H and O–H groups in total. The molecule has 45 heavy (non-hydrogen) atoms. The van der Waals surface area contributed by atoms with Crippen LogP contribution >= 0.6 is 0 Å². The summed E-state index contributed by atoms with van der Waals surface area (Å²) in [4.78, 5) is 19.0. The van der Waals surface area contributed by atoms with E-state index in [1.807, 2.05) is 76.5 Å². The lowest BCUT2D eigenvalue weighted by molar-refractivity contribution is -0.137. The molecule has 0 spiro atoms. The number of rotatable bonds is 13. The van der Waals surface area contributed by atoms with Crippen molar-refractivity contribution in [3.63, 3.8) is 0 Å². The van der Waals surface area contributed by atoms with E-state index in [9.17, 15) is 20.1 Å². The molecule has 2 heterocycles. The number of aromatic hydroxyl groups is 1. The molecule has 0 aromatic heterocycles. The van der Waals surface area contributed by atoms with Crippen LogP contribution in [0.5, 0.6) is 5.75 Å². The second-order valence-electron chi connectivity index (χ2n) is 12.0. The molecule has 0 saturated carbocycles. The molecular weight excluding hydrogens is 570 g/mol. The number of hydrogen-bond acceptors (Lipinski definition) is 9. The Bertz CT molecular complexity index is 1320. The quantitative estimate of drug-likeness (QED) is 0.182. The number of β-amino-alcohol motifs (C(OH)–C–C–N with tert-alkyl or cyclic N) is 2. The van der Waals surface area contributed by atoms with Crippen molar-refractivity contribution in [2.24, 2.45) is 0 Å². The number of phenolic OH excluding ortho intramolecular Hbond substituents is 1. The number of aliphatic hydroxyl groups is 2. The molecular formula is C35H47N5O5. The summed E-state index contributed by atoms with van der Waals surface area (Å²) >= 11 is 0. The molecule has 5 rings (SSSR count). The zero-order valence-electron chi connectivity index (χ0n) is 25.9. The average Bonchev–Trinajstić information content (AvgIpc) is 3.05. The predicted molar refractivity (Wildman–Crippen MR) is 176 cm³/mol. The largest absolute Gasteiger partial charge is 0.508 e. The van der Waals surface area contributed by atoms with Gasteiger partial charge in [0.15, 0.2) is 0 Å². The molecule has 0 aliphatic carbocycles. The number of amides is 1. The van der Waals surface area contributed by atoms with Gasteiger partial charge in [-0.25, -0.2) is 4.79 Å². The maximum atomic E-state index is 12.7. The molecule has 2 saturated heterocycles. The van der Waals surface area contributed by atoms with E-state index in [-0.39, 0.29) is 11.9 Å². The fourth-order valence-electron chi connectivity index (χ4n) is 6.13. The molecule has 1 amide bonds. The van der Waals surface area contributed by atoms with Crippen molar-refractivity contribution in [1.29, 1.82) is 0 Å². The van der Waals surface area contributed by atoms with Gasteiger partial charge >= 0.3 is 6.09 Å². The first-order valence-electron chi connectivity index (χ1n) is 16.1. The first kappa shape index (κ1) is 32.9. The Labute approximate surface area is 266 Å². The Morgan fingerprint density at radius 1 is 0.800 bits per heavy atom. The number of aliphatic hydroxyl groups excluding tert-OH is 2. The van der Waals surface area contributed by atoms with E-state index in [2.05, 4.69) is 15.5 Å². The number of carbonyl (C=O) groups is 1. The minimum Gasteiger partial charge on any atom is -0.508 e. The third kappa shape index (κ3) is 9.99. The van der Waals surface area contributed by atoms with E-state index in [0.29, 0.717) is 19.6 Å². The number of nitrogens with one attached hydrogen (secondary N) is 2. The summed E-state index contributed by atoms with van der Waals surface area (Å²) in [6.07, 6.45) is 1.62. The molecule has 3 aromatic carbocycles. The monoisotopic (exact) mass is 617 g/mol. The maximum absolute atomic E-state index is 12.7. The first-order chi connectivity index (χ1) is 21.9. The highest BCUT2D eigenvalue weighted by molar-refractivity contribution is 5.91. The van der Waals surface area contributed by atoms with Crippen LogP contribution in [0, 0.1) is 0 Å². The van der Waals surface area contributed by atoms with Gasteiger partial charge in [0.25, 0.3) is 0 Å². The van der Waals surface area contributed by atoms with Crippen LogP contribution in [0.1, 0.15) is 31.2 Å². The molecule has 2 aliphatic heterocycles. The highest BCUT2D eigenvalue weighted by atomic mass is 16.6. The van der Waals surface area contributed by atoms with Crippen molar-refractivity contribution in [3.05, 3.63) is 84.4 Å². The average molecular weight is 618 g/mol. The topological polar surface area (TPSA) is 121 Å². The molecule has 2 unspecified atom stereocenters. The Morgan fingerprint density at radius 2 is 1.44 bits per heavy atom. The van der Waals surface area contributed by atoms with Crippen molar-refractivity contribution in [2.75, 3.05) is 57.7 Å². The summed E-state index contributed by atoms with van der Waals surface area (Å²) in [5, 5.41) is 37.2. The summed E-state index contributed by atoms with van der Waals surface area (Å²) in [5.41, 5.74) is 3.84. The Balaban J connectivity index is 0.944. The molecule has 2 aliphatic rings. The van der Waals surface area contributed by atoms with Gasteiger partial charge in [0.05, 0.1) is 5.69 Å². The fourth-order valence-corrected chi connectivity index (χ4v) is 6.13. The van der Waals surface area contributed by atoms with Gasteiger partial charge in [-0.05, 0) is 68.1 Å². The molecule has 10 heteroatoms. The number of piperazine rings is 1. The SMILES string of the molecule is O=C(Nc1ccccc1-c1ccccc1)OC1CCN(CCCN2CC(O)N(CCCNCc3ccc(O)cc3)CC2O)CC1. The minimum atomic E-state index is -0.594. The van der Waals surface area contributed by atoms with Gasteiger partial charge in [0.1, 0.15) is 24.3 Å². The zero-order chi connectivity index (χ0) is 31.4. The van der Waals surface area contributed by atoms with Gasteiger partial charge in [-0.3, -0.25) is 15.1 Å². The predicted octanol–water partition coefficient (Wildman–Crippen LogP) is 3.90. The van der Waals surface area contributed by atoms with E-state index in [4.69, 9.17) is 4.74 Å². The smallest absolute Gasteiger partial charge is 0.411 e. The summed E-state index contributed by atoms with van der Waals surface area (Å²) in [6.45, 7) is 6.45. The Morgan fingerprint density at radius 3 is 2.16 bits per heavy atom. The van der Waals surface area contributed by atoms with Gasteiger partial charge in [-0.15, -0.1) is 0 Å². The second-order valence-corrected chi connectivity index (χ2v) is 12.0. The van der Waals surface area contributed by atoms with Gasteiger partial charge < -0.3 is 30.3 Å². The molecule has 242 valence electrons. The van der Waals surface area contributed by atoms with Crippen LogP contribution in [-0.2, 0) is 11.3 Å². The van der Waals surface area contributed by atoms with Crippen LogP contribution in [0.25, 0.3) is 11.1 Å². The standard InChI is InChI=1S/C35H47N5O5/c41-29-14-12-27(13-15-29)24-36-18-6-20-39-25-34(43)40(26-33(39)42)21-7-19-38-22-16-30(17-23-38)45-35(44)37-32-11-5-4-10-31(32)28-8-2-1-3-9-28/h1-5,8-15,30,33-34,36,41-43H,6-7,16-26H2,(H,37,44). The number of benzene rings is 3. The fraction of sp³-hybridized carbons (Fsp3) is 0.457. The molecule has 0 bridgehead atoms. The lowest BCUT2D eigenvalue weighted by Gasteiger charge is -2.42. The van der Waals surface area contributed by atoms with Crippen LogP contribution in [0.15, 0.2) is 78.9 Å². The second kappa shape index (κ2) is 16.7. The van der Waals surface area contributed by atoms with Crippen molar-refractivity contribution in [2.45, 2.75) is 50.8 Å². The molecule has 3 aromatic rings. The van der Waals surface area contributed by atoms with Crippen LogP contribution in [0.2, 0.25) is 0 Å². The minimum absolute atomic E-state index is 0.113. The maximum Gasteiger partial charge on any atom is 0.411 e. The van der Waals surface area contributed by atoms with Gasteiger partial charge in [-0.1, -0.05) is 60.7 Å². The molecule has 2 fully saturated rings. The van der Waals surface area contributed by atoms with Crippen LogP contribution in [-0.4, -0.2) is 107 Å². The van der Waals surface area contributed by atoms with Crippen LogP contribution in [0.3, 0.4) is 0 Å². The third-order valence-corrected chi connectivity index (χ3v) is 8.68. The van der Waals surface area contributed by atoms with Gasteiger partial charge in [0.2, 0.25) is 0 Å². The number of likely N-dealkylation sites (tertiary alicyclic amines) is 1. The number of piperidine rings is 1. The van der Waals surface area contributed by atoms with E-state index in [1.54, 1.807) is 12.1 Å². The summed E-state index contributed by atoms with van der Waals surface area (Å²) in [5.74, 6) is 0.265. The van der Waals surface area contributed by atoms with Crippen molar-refractivity contribution in [1.82, 2.24) is 20.0 Å². The number of anilines is 1. The number of hydrogen-bond donors (Lipinski definition) is 5. The first-order valence-corrected chi connectivity index (χ1v) is 16.1. The van der Waals surface area contributed by atoms with Crippen LogP contribution in [0.4, 0.5) is 10.5 Å². The van der Waals surface area contributed by atoms with E-state index < -0.39 is 18.5 Å². The lowest BCUT2D eigenvalue weighted by atomic mass is 10.0. The van der Waals surface area contributed by atoms with Crippen molar-refractivity contribution >= 4 is 11.8 Å². The number of phenols is 1. The highest BCUT2D eigenvalue weighted by Crippen LogP contribution is 2.28. The number of carbonyl (C=O) groups excluding carboxylic acids is 1. The molecule has 2 atom stereocenters. The van der Waals surface area contributed by atoms with Crippen LogP contribution < -0.4 is 10.6 Å². The van der Waals surface area contributed by atoms with Gasteiger partial charge in [-0.2, -0.15) is 0 Å². The summed E-state index contributed by atoms with van der Waals surface area (Å²) in [6, 6.07) is 24.9. The Kier molecular flexibility index (Phi) is 12.2. The Hall–Kier alpha value is -3.51. The van der Waals surface area contributed by atoms with E-state index in [0.717, 1.165) is 87.3 Å². The summed E-state index contributed by atoms with van der Waals surface area (Å²) < 4.78 is 5.77. The molecule has 0 radical (unpaired) electrons. The third-order valence-electron chi connectivity index (χ3n) is 8.68. The number of ether oxygens (including phenoxy) is 1. The summed E-state index contributed by atoms with van der Waals surface area (Å²) in [7, 11) is 0. The normalized spacial score (nSPS) is 20.2. The van der Waals surface area contributed by atoms with Crippen molar-refractivity contribution in [3.8, 4) is 16.9 Å². The highest BCUT2D eigenvalue weighted by Gasteiger charge is 2.31. The number of para-hydroxylation sites is 1. The molecule has 10 nitrogen and oxygen atoms in total. The number of nitrogens with zero attached hydrogens (tertiary/aromatic N) is 3.